The van der Waals surface area contributed by atoms with E-state index in [0.717, 1.165) is 18.2 Å². The Bertz CT molecular complexity index is 250. The zero-order valence-corrected chi connectivity index (χ0v) is 11.7. The highest BCUT2D eigenvalue weighted by atomic mass is 32.2. The minimum absolute atomic E-state index is 0.0552. The van der Waals surface area contributed by atoms with Gasteiger partial charge in [0.05, 0.1) is 5.75 Å². The molecule has 1 atom stereocenters. The van der Waals surface area contributed by atoms with Crippen molar-refractivity contribution in [2.24, 2.45) is 5.92 Å². The summed E-state index contributed by atoms with van der Waals surface area (Å²) in [5.41, 5.74) is 0. The summed E-state index contributed by atoms with van der Waals surface area (Å²) >= 11 is 1.91. The van der Waals surface area contributed by atoms with Gasteiger partial charge in [0.25, 0.3) is 0 Å². The highest BCUT2D eigenvalue weighted by Gasteiger charge is 2.08. The molecule has 0 heterocycles. The van der Waals surface area contributed by atoms with Gasteiger partial charge >= 0.3 is 0 Å². The van der Waals surface area contributed by atoms with Gasteiger partial charge in [-0.05, 0) is 18.6 Å². The van der Waals surface area contributed by atoms with E-state index in [4.69, 9.17) is 0 Å². The maximum atomic E-state index is 11.0. The molecule has 0 rings (SSSR count). The van der Waals surface area contributed by atoms with E-state index in [9.17, 15) is 8.42 Å². The van der Waals surface area contributed by atoms with Crippen molar-refractivity contribution < 1.29 is 8.42 Å². The van der Waals surface area contributed by atoms with E-state index < -0.39 is 9.84 Å². The van der Waals surface area contributed by atoms with Crippen molar-refractivity contribution in [3.05, 3.63) is 0 Å². The highest BCUT2D eigenvalue weighted by molar-refractivity contribution is 7.99. The van der Waals surface area contributed by atoms with Crippen molar-refractivity contribution in [3.63, 3.8) is 0 Å². The van der Waals surface area contributed by atoms with Crippen molar-refractivity contribution in [1.29, 1.82) is 0 Å². The molecule has 0 bridgehead atoms. The van der Waals surface area contributed by atoms with Crippen molar-refractivity contribution in [2.75, 3.05) is 30.1 Å². The van der Waals surface area contributed by atoms with Crippen molar-refractivity contribution in [1.82, 2.24) is 5.32 Å². The molecule has 15 heavy (non-hydrogen) atoms. The molecule has 0 saturated carbocycles. The second kappa shape index (κ2) is 7.52. The second-order valence-electron chi connectivity index (χ2n) is 4.42. The first-order chi connectivity index (χ1) is 6.81. The average Bonchev–Trinajstić information content (AvgIpc) is 1.99. The summed E-state index contributed by atoms with van der Waals surface area (Å²) in [6, 6.07) is 0.0552. The molecule has 0 radical (unpaired) electrons. The van der Waals surface area contributed by atoms with Crippen LogP contribution in [0, 0.1) is 5.92 Å². The van der Waals surface area contributed by atoms with Crippen LogP contribution in [0.1, 0.15) is 20.8 Å². The predicted octanol–water partition coefficient (Wildman–Crippen LogP) is 1.40. The highest BCUT2D eigenvalue weighted by Crippen LogP contribution is 2.05. The van der Waals surface area contributed by atoms with Gasteiger partial charge in [-0.15, -0.1) is 0 Å². The Morgan fingerprint density at radius 2 is 1.87 bits per heavy atom. The van der Waals surface area contributed by atoms with E-state index in [2.05, 4.69) is 19.2 Å². The summed E-state index contributed by atoms with van der Waals surface area (Å²) in [5, 5.41) is 3.21. The quantitative estimate of drug-likeness (QED) is 0.664. The summed E-state index contributed by atoms with van der Waals surface area (Å²) in [7, 11) is -2.85. The number of hydrogen-bond acceptors (Lipinski definition) is 4. The molecule has 0 saturated heterocycles. The van der Waals surface area contributed by atoms with Crippen LogP contribution < -0.4 is 5.32 Å². The van der Waals surface area contributed by atoms with Gasteiger partial charge in [0, 0.05) is 24.6 Å². The summed E-state index contributed by atoms with van der Waals surface area (Å²) < 4.78 is 21.9. The van der Waals surface area contributed by atoms with Crippen LogP contribution in [-0.2, 0) is 9.84 Å². The van der Waals surface area contributed by atoms with Crippen molar-refractivity contribution >= 4 is 21.6 Å². The van der Waals surface area contributed by atoms with Crippen LogP contribution in [0.4, 0.5) is 0 Å². The summed E-state index contributed by atoms with van der Waals surface area (Å²) in [5.74, 6) is 3.17. The molecule has 3 nitrogen and oxygen atoms in total. The summed E-state index contributed by atoms with van der Waals surface area (Å²) in [6.45, 7) is 7.20. The molecular formula is C10H23NO2S2. The third kappa shape index (κ3) is 12.2. The normalized spacial score (nSPS) is 14.5. The Morgan fingerprint density at radius 3 is 2.33 bits per heavy atom. The Balaban J connectivity index is 3.44. The van der Waals surface area contributed by atoms with Crippen LogP contribution in [0.5, 0.6) is 0 Å². The van der Waals surface area contributed by atoms with E-state index in [0.29, 0.717) is 0 Å². The molecule has 0 aliphatic carbocycles. The lowest BCUT2D eigenvalue weighted by molar-refractivity contribution is 0.571. The molecule has 0 aliphatic heterocycles. The third-order valence-corrected chi connectivity index (χ3v) is 4.24. The monoisotopic (exact) mass is 253 g/mol. The van der Waals surface area contributed by atoms with Gasteiger partial charge in [-0.25, -0.2) is 8.42 Å². The first kappa shape index (κ1) is 15.3. The van der Waals surface area contributed by atoms with Crippen LogP contribution in [-0.4, -0.2) is 44.5 Å². The molecule has 0 aromatic rings. The Labute approximate surface area is 98.3 Å². The van der Waals surface area contributed by atoms with Crippen LogP contribution in [0.2, 0.25) is 0 Å². The van der Waals surface area contributed by atoms with Gasteiger partial charge in [0.1, 0.15) is 9.84 Å². The number of sulfone groups is 1. The smallest absolute Gasteiger partial charge is 0.148 e. The van der Waals surface area contributed by atoms with Crippen LogP contribution in [0.25, 0.3) is 0 Å². The van der Waals surface area contributed by atoms with Crippen molar-refractivity contribution in [2.45, 2.75) is 26.8 Å². The maximum Gasteiger partial charge on any atom is 0.148 e. The topological polar surface area (TPSA) is 46.2 Å². The molecule has 92 valence electrons. The van der Waals surface area contributed by atoms with Gasteiger partial charge in [0.2, 0.25) is 0 Å². The van der Waals surface area contributed by atoms with Crippen LogP contribution >= 0.6 is 11.8 Å². The number of hydrogen-bond donors (Lipinski definition) is 1. The Hall–Kier alpha value is 0.260. The van der Waals surface area contributed by atoms with E-state index in [-0.39, 0.29) is 11.8 Å². The predicted molar refractivity (Wildman–Crippen MR) is 69.3 cm³/mol. The zero-order chi connectivity index (χ0) is 11.9. The minimum atomic E-state index is -2.85. The van der Waals surface area contributed by atoms with Crippen molar-refractivity contribution in [3.8, 4) is 0 Å². The molecule has 5 heteroatoms. The Morgan fingerprint density at radius 1 is 1.27 bits per heavy atom. The van der Waals surface area contributed by atoms with E-state index >= 15 is 0 Å². The third-order valence-electron chi connectivity index (χ3n) is 1.74. The molecule has 0 amide bonds. The lowest BCUT2D eigenvalue weighted by Gasteiger charge is -2.12. The second-order valence-corrected chi connectivity index (χ2v) is 7.75. The largest absolute Gasteiger partial charge is 0.312 e. The summed E-state index contributed by atoms with van der Waals surface area (Å²) in [6.07, 6.45) is 1.28. The fourth-order valence-corrected chi connectivity index (χ4v) is 3.14. The average molecular weight is 253 g/mol. The molecule has 0 aliphatic rings. The standard InChI is InChI=1S/C10H23NO2S2/c1-9(2)7-14-6-5-11-10(3)8-15(4,12)13/h9-11H,5-8H2,1-4H3. The number of thioether (sulfide) groups is 1. The van der Waals surface area contributed by atoms with Gasteiger partial charge in [-0.3, -0.25) is 0 Å². The molecule has 0 spiro atoms. The lowest BCUT2D eigenvalue weighted by Crippen LogP contribution is -2.34. The van der Waals surface area contributed by atoms with Gasteiger partial charge < -0.3 is 5.32 Å². The van der Waals surface area contributed by atoms with Gasteiger partial charge in [-0.2, -0.15) is 11.8 Å². The first-order valence-corrected chi connectivity index (χ1v) is 8.51. The van der Waals surface area contributed by atoms with Gasteiger partial charge in [-0.1, -0.05) is 13.8 Å². The van der Waals surface area contributed by atoms with E-state index in [1.807, 2.05) is 18.7 Å². The maximum absolute atomic E-state index is 11.0. The van der Waals surface area contributed by atoms with Crippen LogP contribution in [0.3, 0.4) is 0 Å². The fourth-order valence-electron chi connectivity index (χ4n) is 1.21. The number of nitrogens with one attached hydrogen (secondary N) is 1. The molecule has 0 fully saturated rings. The molecule has 0 aromatic carbocycles. The first-order valence-electron chi connectivity index (χ1n) is 5.30. The van der Waals surface area contributed by atoms with Gasteiger partial charge in [0.15, 0.2) is 0 Å². The van der Waals surface area contributed by atoms with E-state index in [1.165, 1.54) is 12.0 Å². The SMILES string of the molecule is CC(C)CSCCNC(C)CS(C)(=O)=O. The molecular weight excluding hydrogens is 230 g/mol. The Kier molecular flexibility index (Phi) is 7.65. The number of rotatable bonds is 8. The van der Waals surface area contributed by atoms with E-state index in [1.54, 1.807) is 0 Å². The zero-order valence-electron chi connectivity index (χ0n) is 10.1. The molecule has 1 unspecified atom stereocenters. The lowest BCUT2D eigenvalue weighted by atomic mass is 10.3. The van der Waals surface area contributed by atoms with Crippen LogP contribution in [0.15, 0.2) is 0 Å². The summed E-state index contributed by atoms with van der Waals surface area (Å²) in [4.78, 5) is 0. The minimum Gasteiger partial charge on any atom is -0.312 e. The fraction of sp³-hybridized carbons (Fsp3) is 1.00. The molecule has 1 N–H and O–H groups in total. The molecule has 0 aromatic heterocycles.